The Kier molecular flexibility index (Phi) is 3.97. The molecule has 2 nitrogen and oxygen atoms in total. The van der Waals surface area contributed by atoms with Crippen molar-refractivity contribution in [2.75, 3.05) is 0 Å². The summed E-state index contributed by atoms with van der Waals surface area (Å²) in [4.78, 5) is 0. The summed E-state index contributed by atoms with van der Waals surface area (Å²) in [5.41, 5.74) is 5.15. The van der Waals surface area contributed by atoms with Crippen LogP contribution in [0.2, 0.25) is 0 Å². The number of fused-ring (bicyclic) bond motifs is 1. The summed E-state index contributed by atoms with van der Waals surface area (Å²) in [5.74, 6) is 2.74. The van der Waals surface area contributed by atoms with Gasteiger partial charge in [0, 0.05) is 29.2 Å². The van der Waals surface area contributed by atoms with Gasteiger partial charge in [-0.05, 0) is 37.1 Å². The Hall–Kier alpha value is -1.72. The number of nitrogens with zero attached hydrogens (tertiary/aromatic N) is 1. The van der Waals surface area contributed by atoms with Gasteiger partial charge in [0.2, 0.25) is 0 Å². The quantitative estimate of drug-likeness (QED) is 0.828. The molecule has 0 saturated carbocycles. The van der Waals surface area contributed by atoms with Gasteiger partial charge in [0.05, 0.1) is 6.54 Å². The smallest absolute Gasteiger partial charge is 0.0837 e. The van der Waals surface area contributed by atoms with Gasteiger partial charge < -0.3 is 9.88 Å². The number of rotatable bonds is 4. The molecule has 0 spiro atoms. The van der Waals surface area contributed by atoms with E-state index in [1.165, 1.54) is 27.7 Å². The first-order valence-corrected chi connectivity index (χ1v) is 6.79. The number of benzene rings is 1. The molecule has 100 valence electrons. The maximum absolute atomic E-state index is 5.46. The number of terminal acetylenes is 1. The van der Waals surface area contributed by atoms with Gasteiger partial charge in [0.15, 0.2) is 0 Å². The molecule has 2 rings (SSSR count). The van der Waals surface area contributed by atoms with Gasteiger partial charge in [0.1, 0.15) is 0 Å². The van der Waals surface area contributed by atoms with Crippen molar-refractivity contribution in [2.45, 2.75) is 46.8 Å². The minimum absolute atomic E-state index is 0.504. The van der Waals surface area contributed by atoms with Crippen LogP contribution in [0.15, 0.2) is 18.2 Å². The highest BCUT2D eigenvalue weighted by Crippen LogP contribution is 2.26. The second-order valence-electron chi connectivity index (χ2n) is 5.39. The standard InChI is InChI=1S/C17H22N2/c1-6-9-19-14(5)13(4)16-10-15(7-8-17(16)19)11-18-12(2)3/h1,7-8,10,12,18H,9,11H2,2-5H3. The Morgan fingerprint density at radius 2 is 2.05 bits per heavy atom. The molecular formula is C17H22N2. The number of aromatic nitrogens is 1. The van der Waals surface area contributed by atoms with E-state index in [1.54, 1.807) is 0 Å². The molecule has 19 heavy (non-hydrogen) atoms. The molecule has 1 aromatic carbocycles. The van der Waals surface area contributed by atoms with E-state index in [0.29, 0.717) is 12.6 Å². The van der Waals surface area contributed by atoms with E-state index in [-0.39, 0.29) is 0 Å². The lowest BCUT2D eigenvalue weighted by atomic mass is 10.1. The average Bonchev–Trinajstić information content (AvgIpc) is 2.62. The van der Waals surface area contributed by atoms with Crippen LogP contribution in [0, 0.1) is 26.2 Å². The van der Waals surface area contributed by atoms with Crippen LogP contribution >= 0.6 is 0 Å². The zero-order chi connectivity index (χ0) is 14.0. The van der Waals surface area contributed by atoms with Crippen LogP contribution in [0.25, 0.3) is 10.9 Å². The van der Waals surface area contributed by atoms with Crippen molar-refractivity contribution in [1.82, 2.24) is 9.88 Å². The van der Waals surface area contributed by atoms with E-state index in [0.717, 1.165) is 6.54 Å². The molecular weight excluding hydrogens is 232 g/mol. The molecule has 0 aliphatic heterocycles. The van der Waals surface area contributed by atoms with E-state index in [9.17, 15) is 0 Å². The number of hydrogen-bond acceptors (Lipinski definition) is 1. The Morgan fingerprint density at radius 3 is 2.68 bits per heavy atom. The molecule has 0 bridgehead atoms. The SMILES string of the molecule is C#CCn1c(C)c(C)c2cc(CNC(C)C)ccc21. The Balaban J connectivity index is 2.44. The van der Waals surface area contributed by atoms with Crippen LogP contribution < -0.4 is 5.32 Å². The summed E-state index contributed by atoms with van der Waals surface area (Å²) in [6.45, 7) is 10.2. The highest BCUT2D eigenvalue weighted by atomic mass is 15.0. The summed E-state index contributed by atoms with van der Waals surface area (Å²) in [6.07, 6.45) is 5.46. The van der Waals surface area contributed by atoms with Gasteiger partial charge in [0.25, 0.3) is 0 Å². The van der Waals surface area contributed by atoms with Crippen LogP contribution in [-0.4, -0.2) is 10.6 Å². The Morgan fingerprint density at radius 1 is 1.32 bits per heavy atom. The lowest BCUT2D eigenvalue weighted by molar-refractivity contribution is 0.589. The lowest BCUT2D eigenvalue weighted by Gasteiger charge is -2.08. The van der Waals surface area contributed by atoms with E-state index >= 15 is 0 Å². The van der Waals surface area contributed by atoms with Crippen molar-refractivity contribution in [1.29, 1.82) is 0 Å². The van der Waals surface area contributed by atoms with Gasteiger partial charge in [-0.15, -0.1) is 6.42 Å². The molecule has 0 atom stereocenters. The molecule has 1 heterocycles. The molecule has 0 aliphatic rings. The van der Waals surface area contributed by atoms with E-state index in [1.807, 2.05) is 0 Å². The number of aryl methyl sites for hydroxylation is 1. The van der Waals surface area contributed by atoms with Crippen molar-refractivity contribution in [3.8, 4) is 12.3 Å². The molecule has 2 heteroatoms. The maximum Gasteiger partial charge on any atom is 0.0837 e. The fourth-order valence-electron chi connectivity index (χ4n) is 2.42. The minimum atomic E-state index is 0.504. The third-order valence-corrected chi connectivity index (χ3v) is 3.67. The highest BCUT2D eigenvalue weighted by Gasteiger charge is 2.10. The van der Waals surface area contributed by atoms with Gasteiger partial charge in [-0.25, -0.2) is 0 Å². The van der Waals surface area contributed by atoms with Crippen LogP contribution in [0.1, 0.15) is 30.7 Å². The fraction of sp³-hybridized carbons (Fsp3) is 0.412. The second-order valence-corrected chi connectivity index (χ2v) is 5.39. The first-order valence-electron chi connectivity index (χ1n) is 6.79. The molecule has 0 amide bonds. The van der Waals surface area contributed by atoms with E-state index in [4.69, 9.17) is 6.42 Å². The largest absolute Gasteiger partial charge is 0.333 e. The van der Waals surface area contributed by atoms with Gasteiger partial charge in [-0.2, -0.15) is 0 Å². The third kappa shape index (κ3) is 2.67. The summed E-state index contributed by atoms with van der Waals surface area (Å²) in [6, 6.07) is 7.15. The van der Waals surface area contributed by atoms with Crippen molar-refractivity contribution < 1.29 is 0 Å². The topological polar surface area (TPSA) is 17.0 Å². The van der Waals surface area contributed by atoms with Crippen molar-refractivity contribution >= 4 is 10.9 Å². The summed E-state index contributed by atoms with van der Waals surface area (Å²) >= 11 is 0. The molecule has 0 unspecified atom stereocenters. The average molecular weight is 254 g/mol. The Labute approximate surface area is 115 Å². The molecule has 1 aromatic heterocycles. The second kappa shape index (κ2) is 5.50. The molecule has 0 radical (unpaired) electrons. The van der Waals surface area contributed by atoms with Crippen molar-refractivity contribution in [2.24, 2.45) is 0 Å². The van der Waals surface area contributed by atoms with E-state index in [2.05, 4.69) is 61.7 Å². The third-order valence-electron chi connectivity index (χ3n) is 3.67. The summed E-state index contributed by atoms with van der Waals surface area (Å²) < 4.78 is 2.21. The molecule has 0 fully saturated rings. The van der Waals surface area contributed by atoms with Crippen LogP contribution in [0.5, 0.6) is 0 Å². The predicted octanol–water partition coefficient (Wildman–Crippen LogP) is 3.39. The van der Waals surface area contributed by atoms with Gasteiger partial charge in [-0.1, -0.05) is 25.8 Å². The number of nitrogens with one attached hydrogen (secondary N) is 1. The zero-order valence-corrected chi connectivity index (χ0v) is 12.2. The van der Waals surface area contributed by atoms with Gasteiger partial charge >= 0.3 is 0 Å². The normalized spacial score (nSPS) is 11.2. The lowest BCUT2D eigenvalue weighted by Crippen LogP contribution is -2.21. The van der Waals surface area contributed by atoms with Crippen LogP contribution in [0.4, 0.5) is 0 Å². The van der Waals surface area contributed by atoms with Crippen molar-refractivity contribution in [3.63, 3.8) is 0 Å². The highest BCUT2D eigenvalue weighted by molar-refractivity contribution is 5.86. The molecule has 1 N–H and O–H groups in total. The predicted molar refractivity (Wildman–Crippen MR) is 82.2 cm³/mol. The van der Waals surface area contributed by atoms with Crippen LogP contribution in [-0.2, 0) is 13.1 Å². The van der Waals surface area contributed by atoms with Gasteiger partial charge in [-0.3, -0.25) is 0 Å². The maximum atomic E-state index is 5.46. The van der Waals surface area contributed by atoms with Crippen LogP contribution in [0.3, 0.4) is 0 Å². The zero-order valence-electron chi connectivity index (χ0n) is 12.2. The monoisotopic (exact) mass is 254 g/mol. The Bertz CT molecular complexity index is 627. The minimum Gasteiger partial charge on any atom is -0.333 e. The molecule has 2 aromatic rings. The van der Waals surface area contributed by atoms with Crippen molar-refractivity contribution in [3.05, 3.63) is 35.0 Å². The first kappa shape index (κ1) is 13.7. The molecule has 0 aliphatic carbocycles. The first-order chi connectivity index (χ1) is 9.04. The fourth-order valence-corrected chi connectivity index (χ4v) is 2.42. The summed E-state index contributed by atoms with van der Waals surface area (Å²) in [7, 11) is 0. The number of hydrogen-bond donors (Lipinski definition) is 1. The molecule has 0 saturated heterocycles. The van der Waals surface area contributed by atoms with E-state index < -0.39 is 0 Å². The summed E-state index contributed by atoms with van der Waals surface area (Å²) in [5, 5.41) is 4.77.